The highest BCUT2D eigenvalue weighted by Gasteiger charge is 2.11. The van der Waals surface area contributed by atoms with E-state index in [2.05, 4.69) is 20.3 Å². The smallest absolute Gasteiger partial charge is 0.143 e. The first-order chi connectivity index (χ1) is 10.9. The Balaban J connectivity index is 2.02. The predicted molar refractivity (Wildman–Crippen MR) is 93.1 cm³/mol. The van der Waals surface area contributed by atoms with Gasteiger partial charge in [0.15, 0.2) is 0 Å². The Morgan fingerprint density at radius 2 is 1.70 bits per heavy atom. The highest BCUT2D eigenvalue weighted by Crippen LogP contribution is 2.33. The molecule has 0 aliphatic rings. The molecule has 7 heteroatoms. The fourth-order valence-electron chi connectivity index (χ4n) is 2.31. The van der Waals surface area contributed by atoms with Crippen molar-refractivity contribution in [3.63, 3.8) is 0 Å². The van der Waals surface area contributed by atoms with Crippen molar-refractivity contribution in [2.75, 3.05) is 5.32 Å². The van der Waals surface area contributed by atoms with E-state index in [1.807, 2.05) is 49.7 Å². The standard InChI is InChI=1S/C16H15Cl2N5/c1-9-6-12(17)16(13(18)7-9)22-14-8-15(21-10(2)20-14)23-5-4-19-11(23)3/h4-8H,1-3H3,(H,20,21,22). The van der Waals surface area contributed by atoms with Crippen LogP contribution in [0.4, 0.5) is 11.5 Å². The van der Waals surface area contributed by atoms with Crippen LogP contribution in [0.1, 0.15) is 17.2 Å². The summed E-state index contributed by atoms with van der Waals surface area (Å²) >= 11 is 12.6. The molecule has 2 heterocycles. The lowest BCUT2D eigenvalue weighted by Gasteiger charge is -2.13. The van der Waals surface area contributed by atoms with Gasteiger partial charge in [-0.15, -0.1) is 0 Å². The lowest BCUT2D eigenvalue weighted by molar-refractivity contribution is 0.901. The average molecular weight is 348 g/mol. The average Bonchev–Trinajstić information content (AvgIpc) is 2.88. The van der Waals surface area contributed by atoms with Crippen LogP contribution in [0.15, 0.2) is 30.6 Å². The number of halogens is 2. The van der Waals surface area contributed by atoms with Gasteiger partial charge in [0.05, 0.1) is 15.7 Å². The van der Waals surface area contributed by atoms with Gasteiger partial charge in [0.1, 0.15) is 23.3 Å². The first-order valence-electron chi connectivity index (χ1n) is 7.02. The lowest BCUT2D eigenvalue weighted by atomic mass is 10.2. The molecule has 0 spiro atoms. The summed E-state index contributed by atoms with van der Waals surface area (Å²) in [7, 11) is 0. The van der Waals surface area contributed by atoms with Gasteiger partial charge in [0.2, 0.25) is 0 Å². The Morgan fingerprint density at radius 3 is 2.30 bits per heavy atom. The molecule has 0 amide bonds. The molecule has 0 unspecified atom stereocenters. The Labute approximate surface area is 144 Å². The molecule has 0 aliphatic carbocycles. The fraction of sp³-hybridized carbons (Fsp3) is 0.188. The molecule has 1 aromatic carbocycles. The third-order valence-corrected chi connectivity index (χ3v) is 3.93. The molecule has 0 radical (unpaired) electrons. The third-order valence-electron chi connectivity index (χ3n) is 3.34. The van der Waals surface area contributed by atoms with Crippen molar-refractivity contribution in [3.8, 4) is 5.82 Å². The first-order valence-corrected chi connectivity index (χ1v) is 7.78. The molecule has 5 nitrogen and oxygen atoms in total. The molecule has 23 heavy (non-hydrogen) atoms. The summed E-state index contributed by atoms with van der Waals surface area (Å²) in [6.45, 7) is 5.69. The summed E-state index contributed by atoms with van der Waals surface area (Å²) in [6, 6.07) is 5.53. The second-order valence-electron chi connectivity index (χ2n) is 5.23. The molecule has 3 aromatic rings. The fourth-order valence-corrected chi connectivity index (χ4v) is 3.00. The molecule has 0 bridgehead atoms. The van der Waals surface area contributed by atoms with Crippen LogP contribution in [0.25, 0.3) is 5.82 Å². The van der Waals surface area contributed by atoms with Gasteiger partial charge in [-0.05, 0) is 38.5 Å². The molecule has 0 saturated heterocycles. The van der Waals surface area contributed by atoms with Crippen LogP contribution < -0.4 is 5.32 Å². The topological polar surface area (TPSA) is 55.6 Å². The third kappa shape index (κ3) is 3.30. The van der Waals surface area contributed by atoms with Gasteiger partial charge >= 0.3 is 0 Å². The number of rotatable bonds is 3. The Morgan fingerprint density at radius 1 is 1.00 bits per heavy atom. The van der Waals surface area contributed by atoms with E-state index in [0.717, 1.165) is 17.2 Å². The Hall–Kier alpha value is -2.11. The second-order valence-corrected chi connectivity index (χ2v) is 6.05. The van der Waals surface area contributed by atoms with E-state index in [1.54, 1.807) is 6.20 Å². The SMILES string of the molecule is Cc1cc(Cl)c(Nc2cc(-n3ccnc3C)nc(C)n2)c(Cl)c1. The van der Waals surface area contributed by atoms with Gasteiger partial charge in [-0.1, -0.05) is 23.2 Å². The largest absolute Gasteiger partial charge is 0.338 e. The number of nitrogens with zero attached hydrogens (tertiary/aromatic N) is 4. The lowest BCUT2D eigenvalue weighted by Crippen LogP contribution is -2.05. The van der Waals surface area contributed by atoms with Gasteiger partial charge in [-0.25, -0.2) is 15.0 Å². The zero-order chi connectivity index (χ0) is 16.6. The molecule has 0 fully saturated rings. The number of anilines is 2. The van der Waals surface area contributed by atoms with E-state index in [1.165, 1.54) is 0 Å². The van der Waals surface area contributed by atoms with Crippen molar-refractivity contribution in [1.29, 1.82) is 0 Å². The Kier molecular flexibility index (Phi) is 4.24. The summed E-state index contributed by atoms with van der Waals surface area (Å²) < 4.78 is 1.89. The normalized spacial score (nSPS) is 10.8. The molecular weight excluding hydrogens is 333 g/mol. The summed E-state index contributed by atoms with van der Waals surface area (Å²) in [5, 5.41) is 4.28. The van der Waals surface area contributed by atoms with Crippen molar-refractivity contribution in [1.82, 2.24) is 19.5 Å². The monoisotopic (exact) mass is 347 g/mol. The number of aryl methyl sites for hydroxylation is 3. The van der Waals surface area contributed by atoms with E-state index in [9.17, 15) is 0 Å². The van der Waals surface area contributed by atoms with Crippen LogP contribution in [0.5, 0.6) is 0 Å². The minimum atomic E-state index is 0.548. The number of imidazole rings is 1. The highest BCUT2D eigenvalue weighted by molar-refractivity contribution is 6.39. The summed E-state index contributed by atoms with van der Waals surface area (Å²) in [5.41, 5.74) is 1.63. The van der Waals surface area contributed by atoms with Crippen molar-refractivity contribution in [2.24, 2.45) is 0 Å². The summed E-state index contributed by atoms with van der Waals surface area (Å²) in [4.78, 5) is 13.1. The molecule has 0 atom stereocenters. The molecule has 3 rings (SSSR count). The van der Waals surface area contributed by atoms with E-state index in [4.69, 9.17) is 23.2 Å². The second kappa shape index (κ2) is 6.18. The van der Waals surface area contributed by atoms with Crippen molar-refractivity contribution >= 4 is 34.7 Å². The van der Waals surface area contributed by atoms with Crippen LogP contribution in [0, 0.1) is 20.8 Å². The van der Waals surface area contributed by atoms with Crippen LogP contribution in [-0.4, -0.2) is 19.5 Å². The minimum absolute atomic E-state index is 0.548. The van der Waals surface area contributed by atoms with Crippen LogP contribution in [-0.2, 0) is 0 Å². The molecular formula is C16H15Cl2N5. The maximum Gasteiger partial charge on any atom is 0.143 e. The molecule has 0 aliphatic heterocycles. The van der Waals surface area contributed by atoms with E-state index in [-0.39, 0.29) is 0 Å². The van der Waals surface area contributed by atoms with Gasteiger partial charge in [0.25, 0.3) is 0 Å². The van der Waals surface area contributed by atoms with Gasteiger partial charge in [0, 0.05) is 18.5 Å². The summed E-state index contributed by atoms with van der Waals surface area (Å²) in [6.07, 6.45) is 3.58. The van der Waals surface area contributed by atoms with Crippen molar-refractivity contribution in [3.05, 3.63) is 57.9 Å². The Bertz CT molecular complexity index is 850. The van der Waals surface area contributed by atoms with Crippen LogP contribution in [0.3, 0.4) is 0 Å². The van der Waals surface area contributed by atoms with Crippen LogP contribution >= 0.6 is 23.2 Å². The zero-order valence-corrected chi connectivity index (χ0v) is 14.4. The van der Waals surface area contributed by atoms with E-state index in [0.29, 0.717) is 27.4 Å². The molecule has 118 valence electrons. The number of benzene rings is 1. The summed E-state index contributed by atoms with van der Waals surface area (Å²) in [5.74, 6) is 2.83. The van der Waals surface area contributed by atoms with Crippen molar-refractivity contribution in [2.45, 2.75) is 20.8 Å². The number of hydrogen-bond donors (Lipinski definition) is 1. The van der Waals surface area contributed by atoms with E-state index >= 15 is 0 Å². The maximum absolute atomic E-state index is 6.28. The highest BCUT2D eigenvalue weighted by atomic mass is 35.5. The van der Waals surface area contributed by atoms with Gasteiger partial charge in [-0.2, -0.15) is 0 Å². The molecule has 2 aromatic heterocycles. The molecule has 0 saturated carbocycles. The number of nitrogens with one attached hydrogen (secondary N) is 1. The first kappa shape index (κ1) is 15.8. The van der Waals surface area contributed by atoms with Gasteiger partial charge < -0.3 is 5.32 Å². The maximum atomic E-state index is 6.28. The number of hydrogen-bond acceptors (Lipinski definition) is 4. The zero-order valence-electron chi connectivity index (χ0n) is 12.9. The van der Waals surface area contributed by atoms with E-state index < -0.39 is 0 Å². The molecule has 1 N–H and O–H groups in total. The van der Waals surface area contributed by atoms with Gasteiger partial charge in [-0.3, -0.25) is 4.57 Å². The minimum Gasteiger partial charge on any atom is -0.338 e. The number of aromatic nitrogens is 4. The van der Waals surface area contributed by atoms with Crippen LogP contribution in [0.2, 0.25) is 10.0 Å². The predicted octanol–water partition coefficient (Wildman–Crippen LogP) is 4.64. The van der Waals surface area contributed by atoms with Crippen molar-refractivity contribution < 1.29 is 0 Å². The quantitative estimate of drug-likeness (QED) is 0.749.